The van der Waals surface area contributed by atoms with Gasteiger partial charge in [0, 0.05) is 35.6 Å². The quantitative estimate of drug-likeness (QED) is 0.811. The van der Waals surface area contributed by atoms with E-state index in [0.29, 0.717) is 17.9 Å². The molecule has 2 unspecified atom stereocenters. The summed E-state index contributed by atoms with van der Waals surface area (Å²) in [7, 11) is 0. The van der Waals surface area contributed by atoms with Gasteiger partial charge in [-0.1, -0.05) is 6.42 Å². The number of amides is 1. The van der Waals surface area contributed by atoms with Crippen LogP contribution in [0.25, 0.3) is 11.4 Å². The average Bonchev–Trinajstić information content (AvgIpc) is 3.09. The number of hydrogen-bond acceptors (Lipinski definition) is 3. The minimum atomic E-state index is 0.102. The van der Waals surface area contributed by atoms with Crippen LogP contribution in [-0.2, 0) is 4.79 Å². The van der Waals surface area contributed by atoms with E-state index >= 15 is 0 Å². The average molecular weight is 324 g/mol. The molecule has 0 saturated heterocycles. The Balaban J connectivity index is 1.41. The van der Waals surface area contributed by atoms with Gasteiger partial charge in [-0.15, -0.1) is 0 Å². The van der Waals surface area contributed by atoms with Crippen molar-refractivity contribution in [2.24, 2.45) is 23.5 Å². The van der Waals surface area contributed by atoms with E-state index in [2.05, 4.69) is 15.3 Å². The number of benzene rings is 1. The second kappa shape index (κ2) is 6.40. The zero-order valence-electron chi connectivity index (χ0n) is 13.7. The molecule has 1 aromatic heterocycles. The predicted molar refractivity (Wildman–Crippen MR) is 94.2 cm³/mol. The maximum atomic E-state index is 12.6. The Bertz CT molecular complexity index is 681. The zero-order valence-corrected chi connectivity index (χ0v) is 13.7. The van der Waals surface area contributed by atoms with Crippen molar-refractivity contribution in [1.82, 2.24) is 9.97 Å². The van der Waals surface area contributed by atoms with Gasteiger partial charge in [0.2, 0.25) is 5.91 Å². The van der Waals surface area contributed by atoms with Gasteiger partial charge >= 0.3 is 0 Å². The summed E-state index contributed by atoms with van der Waals surface area (Å²) in [6, 6.07) is 8.12. The van der Waals surface area contributed by atoms with Gasteiger partial charge in [-0.25, -0.2) is 4.98 Å². The lowest BCUT2D eigenvalue weighted by Crippen LogP contribution is -2.48. The molecule has 4 rings (SSSR count). The van der Waals surface area contributed by atoms with Gasteiger partial charge in [0.05, 0.1) is 0 Å². The van der Waals surface area contributed by atoms with Gasteiger partial charge in [0.25, 0.3) is 0 Å². The monoisotopic (exact) mass is 324 g/mol. The lowest BCUT2D eigenvalue weighted by atomic mass is 9.65. The van der Waals surface area contributed by atoms with Crippen LogP contribution in [0.4, 0.5) is 5.69 Å². The molecular weight excluding hydrogens is 300 g/mol. The minimum Gasteiger partial charge on any atom is -0.345 e. The maximum absolute atomic E-state index is 12.6. The summed E-state index contributed by atoms with van der Waals surface area (Å²) in [5.41, 5.74) is 8.17. The van der Waals surface area contributed by atoms with Crippen LogP contribution >= 0.6 is 0 Å². The Morgan fingerprint density at radius 2 is 1.88 bits per heavy atom. The molecule has 4 N–H and O–H groups in total. The molecule has 2 aromatic rings. The molecule has 2 aliphatic carbocycles. The number of carbonyl (C=O) groups excluding carboxylic acids is 1. The van der Waals surface area contributed by atoms with Gasteiger partial charge in [-0.05, 0) is 61.8 Å². The molecule has 126 valence electrons. The number of aromatic amines is 1. The topological polar surface area (TPSA) is 83.8 Å². The molecule has 2 atom stereocenters. The number of aromatic nitrogens is 2. The van der Waals surface area contributed by atoms with Gasteiger partial charge < -0.3 is 16.0 Å². The highest BCUT2D eigenvalue weighted by Crippen LogP contribution is 2.42. The van der Waals surface area contributed by atoms with E-state index in [1.54, 1.807) is 12.4 Å². The molecule has 1 amide bonds. The molecule has 0 radical (unpaired) electrons. The fourth-order valence-corrected chi connectivity index (χ4v) is 4.38. The van der Waals surface area contributed by atoms with Crippen molar-refractivity contribution in [3.63, 3.8) is 0 Å². The second-order valence-electron chi connectivity index (χ2n) is 7.20. The summed E-state index contributed by atoms with van der Waals surface area (Å²) in [5, 5.41) is 3.08. The van der Waals surface area contributed by atoms with Crippen LogP contribution < -0.4 is 11.1 Å². The first-order chi connectivity index (χ1) is 11.7. The smallest absolute Gasteiger partial charge is 0.227 e. The maximum Gasteiger partial charge on any atom is 0.227 e. The Morgan fingerprint density at radius 1 is 1.17 bits per heavy atom. The van der Waals surface area contributed by atoms with E-state index in [-0.39, 0.29) is 11.8 Å². The molecule has 1 aromatic carbocycles. The summed E-state index contributed by atoms with van der Waals surface area (Å²) < 4.78 is 0. The van der Waals surface area contributed by atoms with Gasteiger partial charge in [0.15, 0.2) is 0 Å². The van der Waals surface area contributed by atoms with Crippen LogP contribution in [0, 0.1) is 17.8 Å². The van der Waals surface area contributed by atoms with Crippen molar-refractivity contribution in [2.45, 2.75) is 38.1 Å². The fourth-order valence-electron chi connectivity index (χ4n) is 4.38. The van der Waals surface area contributed by atoms with E-state index in [0.717, 1.165) is 29.9 Å². The first kappa shape index (κ1) is 15.4. The standard InChI is InChI=1S/C19H24N4O/c20-17-13-2-1-3-14(17)11-15(10-13)19(24)23-16-6-4-12(5-7-16)18-21-8-9-22-18/h4-9,13-15,17H,1-3,10-11,20H2,(H,21,22)(H,23,24). The van der Waals surface area contributed by atoms with E-state index in [4.69, 9.17) is 5.73 Å². The van der Waals surface area contributed by atoms with Crippen LogP contribution in [0.5, 0.6) is 0 Å². The third-order valence-electron chi connectivity index (χ3n) is 5.71. The van der Waals surface area contributed by atoms with E-state index < -0.39 is 0 Å². The Morgan fingerprint density at radius 3 is 2.50 bits per heavy atom. The molecule has 1 heterocycles. The number of anilines is 1. The third-order valence-corrected chi connectivity index (χ3v) is 5.71. The lowest BCUT2D eigenvalue weighted by Gasteiger charge is -2.43. The van der Waals surface area contributed by atoms with E-state index in [1.165, 1.54) is 19.3 Å². The summed E-state index contributed by atoms with van der Waals surface area (Å²) in [6.45, 7) is 0. The summed E-state index contributed by atoms with van der Waals surface area (Å²) in [5.74, 6) is 2.13. The molecule has 5 heteroatoms. The van der Waals surface area contributed by atoms with Crippen LogP contribution in [0.2, 0.25) is 0 Å². The van der Waals surface area contributed by atoms with Crippen molar-refractivity contribution in [3.05, 3.63) is 36.7 Å². The number of nitrogens with one attached hydrogen (secondary N) is 2. The molecular formula is C19H24N4O. The van der Waals surface area contributed by atoms with Crippen molar-refractivity contribution in [3.8, 4) is 11.4 Å². The van der Waals surface area contributed by atoms with Crippen molar-refractivity contribution >= 4 is 11.6 Å². The largest absolute Gasteiger partial charge is 0.345 e. The van der Waals surface area contributed by atoms with Crippen LogP contribution in [-0.4, -0.2) is 21.9 Å². The number of nitrogens with two attached hydrogens (primary N) is 1. The normalized spacial score (nSPS) is 29.2. The highest BCUT2D eigenvalue weighted by atomic mass is 16.1. The summed E-state index contributed by atoms with van der Waals surface area (Å²) in [6.07, 6.45) is 9.04. The third kappa shape index (κ3) is 2.96. The minimum absolute atomic E-state index is 0.102. The molecule has 2 saturated carbocycles. The Kier molecular flexibility index (Phi) is 4.10. The second-order valence-corrected chi connectivity index (χ2v) is 7.20. The van der Waals surface area contributed by atoms with E-state index in [9.17, 15) is 4.79 Å². The number of hydrogen-bond donors (Lipinski definition) is 3. The number of rotatable bonds is 3. The highest BCUT2D eigenvalue weighted by Gasteiger charge is 2.40. The van der Waals surface area contributed by atoms with Crippen LogP contribution in [0.3, 0.4) is 0 Å². The highest BCUT2D eigenvalue weighted by molar-refractivity contribution is 5.92. The summed E-state index contributed by atoms with van der Waals surface area (Å²) >= 11 is 0. The van der Waals surface area contributed by atoms with Crippen LogP contribution in [0.1, 0.15) is 32.1 Å². The molecule has 2 fully saturated rings. The molecule has 2 bridgehead atoms. The SMILES string of the molecule is NC1C2CCCC1CC(C(=O)Nc1ccc(-c3ncc[nH]3)cc1)C2. The molecule has 5 nitrogen and oxygen atoms in total. The number of nitrogens with zero attached hydrogens (tertiary/aromatic N) is 1. The zero-order chi connectivity index (χ0) is 16.5. The number of H-pyrrole nitrogens is 1. The number of imidazole rings is 1. The number of carbonyl (C=O) groups is 1. The van der Waals surface area contributed by atoms with Crippen molar-refractivity contribution in [2.75, 3.05) is 5.32 Å². The number of fused-ring (bicyclic) bond motifs is 2. The first-order valence-electron chi connectivity index (χ1n) is 8.87. The van der Waals surface area contributed by atoms with Gasteiger partial charge in [-0.3, -0.25) is 4.79 Å². The predicted octanol–water partition coefficient (Wildman–Crippen LogP) is 3.17. The molecule has 24 heavy (non-hydrogen) atoms. The Labute approximate surface area is 142 Å². The molecule has 0 aliphatic heterocycles. The van der Waals surface area contributed by atoms with Crippen molar-refractivity contribution < 1.29 is 4.79 Å². The fraction of sp³-hybridized carbons (Fsp3) is 0.474. The van der Waals surface area contributed by atoms with Crippen LogP contribution in [0.15, 0.2) is 36.7 Å². The van der Waals surface area contributed by atoms with E-state index in [1.807, 2.05) is 24.3 Å². The molecule has 0 spiro atoms. The van der Waals surface area contributed by atoms with Gasteiger partial charge in [-0.2, -0.15) is 0 Å². The first-order valence-corrected chi connectivity index (χ1v) is 8.87. The van der Waals surface area contributed by atoms with Gasteiger partial charge in [0.1, 0.15) is 5.82 Å². The summed E-state index contributed by atoms with van der Waals surface area (Å²) in [4.78, 5) is 20.0. The lowest BCUT2D eigenvalue weighted by molar-refractivity contribution is -0.122. The Hall–Kier alpha value is -2.14. The molecule has 2 aliphatic rings. The van der Waals surface area contributed by atoms with Crippen molar-refractivity contribution in [1.29, 1.82) is 0 Å².